The van der Waals surface area contributed by atoms with Crippen LogP contribution in [-0.2, 0) is 14.8 Å². The third-order valence-corrected chi connectivity index (χ3v) is 5.84. The first-order valence-electron chi connectivity index (χ1n) is 9.36. The van der Waals surface area contributed by atoms with Gasteiger partial charge in [0.1, 0.15) is 5.82 Å². The Bertz CT molecular complexity index is 1060. The number of halogens is 1. The van der Waals surface area contributed by atoms with Gasteiger partial charge in [-0.1, -0.05) is 0 Å². The van der Waals surface area contributed by atoms with E-state index in [1.807, 2.05) is 11.0 Å². The summed E-state index contributed by atoms with van der Waals surface area (Å²) in [7, 11) is -3.76. The lowest BCUT2D eigenvalue weighted by atomic mass is 10.1. The highest BCUT2D eigenvalue weighted by Gasteiger charge is 2.20. The molecule has 158 valence electrons. The molecule has 8 nitrogen and oxygen atoms in total. The van der Waals surface area contributed by atoms with Crippen molar-refractivity contribution in [2.45, 2.75) is 11.3 Å². The van der Waals surface area contributed by atoms with Gasteiger partial charge in [0, 0.05) is 44.8 Å². The van der Waals surface area contributed by atoms with E-state index in [2.05, 4.69) is 10.2 Å². The Hall–Kier alpha value is -3.00. The molecule has 0 spiro atoms. The number of anilines is 2. The third-order valence-electron chi connectivity index (χ3n) is 4.91. The van der Waals surface area contributed by atoms with Gasteiger partial charge in [0.15, 0.2) is 0 Å². The van der Waals surface area contributed by atoms with E-state index in [0.29, 0.717) is 49.7 Å². The van der Waals surface area contributed by atoms with E-state index < -0.39 is 15.8 Å². The van der Waals surface area contributed by atoms with Crippen LogP contribution in [-0.4, -0.2) is 51.9 Å². The van der Waals surface area contributed by atoms with E-state index in [1.165, 1.54) is 30.3 Å². The van der Waals surface area contributed by atoms with Crippen molar-refractivity contribution in [3.05, 3.63) is 53.8 Å². The highest BCUT2D eigenvalue weighted by molar-refractivity contribution is 7.89. The van der Waals surface area contributed by atoms with Crippen LogP contribution in [0.2, 0.25) is 0 Å². The second-order valence-corrected chi connectivity index (χ2v) is 8.54. The average Bonchev–Trinajstić information content (AvgIpc) is 2.72. The number of carbonyl (C=O) groups excluding carboxylic acids is 1. The standard InChI is InChI=1S/C20H22FN5O3S/c21-18-13-15(14-22)1-6-19(18)26-11-9-25(10-12-26)8-7-20(27)24-16-2-4-17(5-3-16)30(23,28)29/h1-6,13H,7-12H2,(H,24,27)(H2,23,28,29). The molecule has 1 aliphatic rings. The lowest BCUT2D eigenvalue weighted by Crippen LogP contribution is -2.47. The zero-order chi connectivity index (χ0) is 21.7. The monoisotopic (exact) mass is 431 g/mol. The first-order chi connectivity index (χ1) is 14.3. The number of hydrogen-bond donors (Lipinski definition) is 2. The third kappa shape index (κ3) is 5.54. The summed E-state index contributed by atoms with van der Waals surface area (Å²) in [6, 6.07) is 12.0. The molecule has 0 aliphatic carbocycles. The SMILES string of the molecule is N#Cc1ccc(N2CCN(CCC(=O)Nc3ccc(S(N)(=O)=O)cc3)CC2)c(F)c1. The van der Waals surface area contributed by atoms with Crippen molar-refractivity contribution in [3.8, 4) is 6.07 Å². The molecule has 0 atom stereocenters. The highest BCUT2D eigenvalue weighted by Crippen LogP contribution is 2.22. The van der Waals surface area contributed by atoms with Crippen LogP contribution >= 0.6 is 0 Å². The number of hydrogen-bond acceptors (Lipinski definition) is 6. The predicted octanol–water partition coefficient (Wildman–Crippen LogP) is 1.50. The number of sulfonamides is 1. The van der Waals surface area contributed by atoms with Crippen LogP contribution in [0, 0.1) is 17.1 Å². The normalized spacial score (nSPS) is 14.9. The van der Waals surface area contributed by atoms with E-state index >= 15 is 0 Å². The fourth-order valence-electron chi connectivity index (χ4n) is 3.26. The van der Waals surface area contributed by atoms with Gasteiger partial charge in [0.25, 0.3) is 0 Å². The molecule has 2 aromatic rings. The van der Waals surface area contributed by atoms with E-state index in [9.17, 15) is 17.6 Å². The van der Waals surface area contributed by atoms with Gasteiger partial charge >= 0.3 is 0 Å². The summed E-state index contributed by atoms with van der Waals surface area (Å²) in [5, 5.41) is 16.6. The van der Waals surface area contributed by atoms with Crippen molar-refractivity contribution in [2.24, 2.45) is 5.14 Å². The molecule has 10 heteroatoms. The molecule has 2 aromatic carbocycles. The van der Waals surface area contributed by atoms with Crippen LogP contribution in [0.1, 0.15) is 12.0 Å². The Morgan fingerprint density at radius 2 is 1.80 bits per heavy atom. The quantitative estimate of drug-likeness (QED) is 0.715. The number of nitriles is 1. The van der Waals surface area contributed by atoms with Crippen molar-refractivity contribution in [2.75, 3.05) is 42.9 Å². The molecule has 1 aliphatic heterocycles. The molecule has 30 heavy (non-hydrogen) atoms. The Morgan fingerprint density at radius 3 is 2.37 bits per heavy atom. The molecule has 1 fully saturated rings. The number of rotatable bonds is 6. The molecule has 0 saturated carbocycles. The lowest BCUT2D eigenvalue weighted by molar-refractivity contribution is -0.116. The maximum absolute atomic E-state index is 14.2. The summed E-state index contributed by atoms with van der Waals surface area (Å²) in [6.07, 6.45) is 0.280. The smallest absolute Gasteiger partial charge is 0.238 e. The van der Waals surface area contributed by atoms with E-state index in [-0.39, 0.29) is 17.2 Å². The number of piperazine rings is 1. The van der Waals surface area contributed by atoms with Crippen molar-refractivity contribution < 1.29 is 17.6 Å². The van der Waals surface area contributed by atoms with Gasteiger partial charge < -0.3 is 10.2 Å². The Labute approximate surface area is 174 Å². The molecular weight excluding hydrogens is 409 g/mol. The molecule has 0 unspecified atom stereocenters. The first kappa shape index (κ1) is 21.7. The number of primary sulfonamides is 1. The zero-order valence-corrected chi connectivity index (χ0v) is 17.0. The lowest BCUT2D eigenvalue weighted by Gasteiger charge is -2.36. The molecule has 0 aromatic heterocycles. The molecule has 0 bridgehead atoms. The second kappa shape index (κ2) is 9.21. The van der Waals surface area contributed by atoms with Crippen LogP contribution < -0.4 is 15.4 Å². The molecular formula is C20H22FN5O3S. The number of nitrogens with zero attached hydrogens (tertiary/aromatic N) is 3. The summed E-state index contributed by atoms with van der Waals surface area (Å²) < 4.78 is 36.7. The predicted molar refractivity (Wildman–Crippen MR) is 111 cm³/mol. The number of amides is 1. The summed E-state index contributed by atoms with van der Waals surface area (Å²) in [5.41, 5.74) is 1.27. The van der Waals surface area contributed by atoms with Crippen molar-refractivity contribution in [3.63, 3.8) is 0 Å². The largest absolute Gasteiger partial charge is 0.367 e. The second-order valence-electron chi connectivity index (χ2n) is 6.97. The number of nitrogens with two attached hydrogens (primary N) is 1. The Morgan fingerprint density at radius 1 is 1.13 bits per heavy atom. The Kier molecular flexibility index (Phi) is 6.66. The van der Waals surface area contributed by atoms with Crippen LogP contribution in [0.25, 0.3) is 0 Å². The summed E-state index contributed by atoms with van der Waals surface area (Å²) in [5.74, 6) is -0.589. The molecule has 0 radical (unpaired) electrons. The van der Waals surface area contributed by atoms with Gasteiger partial charge in [-0.05, 0) is 42.5 Å². The van der Waals surface area contributed by atoms with E-state index in [4.69, 9.17) is 10.4 Å². The number of nitrogens with one attached hydrogen (secondary N) is 1. The topological polar surface area (TPSA) is 120 Å². The van der Waals surface area contributed by atoms with Crippen molar-refractivity contribution in [1.29, 1.82) is 5.26 Å². The van der Waals surface area contributed by atoms with E-state index in [0.717, 1.165) is 0 Å². The maximum atomic E-state index is 14.2. The van der Waals surface area contributed by atoms with Gasteiger partial charge in [0.05, 0.1) is 22.2 Å². The molecule has 1 heterocycles. The zero-order valence-electron chi connectivity index (χ0n) is 16.2. The van der Waals surface area contributed by atoms with Gasteiger partial charge in [-0.25, -0.2) is 17.9 Å². The highest BCUT2D eigenvalue weighted by atomic mass is 32.2. The van der Waals surface area contributed by atoms with Gasteiger partial charge in [-0.3, -0.25) is 9.69 Å². The summed E-state index contributed by atoms with van der Waals surface area (Å²) in [6.45, 7) is 3.19. The van der Waals surface area contributed by atoms with Crippen LogP contribution in [0.15, 0.2) is 47.4 Å². The summed E-state index contributed by atoms with van der Waals surface area (Å²) >= 11 is 0. The fraction of sp³-hybridized carbons (Fsp3) is 0.300. The number of carbonyl (C=O) groups is 1. The fourth-order valence-corrected chi connectivity index (χ4v) is 3.77. The molecule has 1 amide bonds. The minimum absolute atomic E-state index is 0.0166. The first-order valence-corrected chi connectivity index (χ1v) is 10.9. The van der Waals surface area contributed by atoms with Crippen molar-refractivity contribution in [1.82, 2.24) is 4.90 Å². The van der Waals surface area contributed by atoms with Crippen LogP contribution in [0.3, 0.4) is 0 Å². The van der Waals surface area contributed by atoms with Gasteiger partial charge in [-0.15, -0.1) is 0 Å². The Balaban J connectivity index is 1.45. The van der Waals surface area contributed by atoms with Gasteiger partial charge in [0.2, 0.25) is 15.9 Å². The minimum Gasteiger partial charge on any atom is -0.367 e. The van der Waals surface area contributed by atoms with Crippen molar-refractivity contribution >= 4 is 27.3 Å². The average molecular weight is 431 g/mol. The minimum atomic E-state index is -3.76. The summed E-state index contributed by atoms with van der Waals surface area (Å²) in [4.78, 5) is 16.2. The van der Waals surface area contributed by atoms with Crippen LogP contribution in [0.4, 0.5) is 15.8 Å². The molecule has 3 rings (SSSR count). The van der Waals surface area contributed by atoms with Crippen LogP contribution in [0.5, 0.6) is 0 Å². The molecule has 3 N–H and O–H groups in total. The van der Waals surface area contributed by atoms with Gasteiger partial charge in [-0.2, -0.15) is 5.26 Å². The van der Waals surface area contributed by atoms with E-state index in [1.54, 1.807) is 12.1 Å². The molecule has 1 saturated heterocycles. The number of benzene rings is 2. The maximum Gasteiger partial charge on any atom is 0.238 e.